The molecule has 2 aliphatic heterocycles. The summed E-state index contributed by atoms with van der Waals surface area (Å²) >= 11 is 0. The summed E-state index contributed by atoms with van der Waals surface area (Å²) in [6, 6.07) is 1.89. The lowest BCUT2D eigenvalue weighted by atomic mass is 10.2. The van der Waals surface area contributed by atoms with Gasteiger partial charge in [-0.3, -0.25) is 14.2 Å². The van der Waals surface area contributed by atoms with E-state index in [4.69, 9.17) is 4.74 Å². The van der Waals surface area contributed by atoms with Gasteiger partial charge in [-0.15, -0.1) is 0 Å². The van der Waals surface area contributed by atoms with E-state index < -0.39 is 11.2 Å². The van der Waals surface area contributed by atoms with Crippen molar-refractivity contribution in [1.29, 1.82) is 5.26 Å². The number of morpholine rings is 1. The highest BCUT2D eigenvalue weighted by Gasteiger charge is 2.28. The number of aromatic nitrogens is 2. The van der Waals surface area contributed by atoms with Crippen molar-refractivity contribution in [2.24, 2.45) is 0 Å². The first kappa shape index (κ1) is 16.5. The summed E-state index contributed by atoms with van der Waals surface area (Å²) in [5.74, 6) is -0.307. The Balaban J connectivity index is 1.94. The van der Waals surface area contributed by atoms with Crippen molar-refractivity contribution in [3.63, 3.8) is 0 Å². The Morgan fingerprint density at radius 2 is 1.96 bits per heavy atom. The smallest absolute Gasteiger partial charge is 0.331 e. The predicted molar refractivity (Wildman–Crippen MR) is 84.6 cm³/mol. The number of nitriles is 1. The number of hydrogen-bond donors (Lipinski definition) is 0. The van der Waals surface area contributed by atoms with Crippen molar-refractivity contribution >= 4 is 5.91 Å². The molecule has 24 heavy (non-hydrogen) atoms. The molecule has 1 saturated heterocycles. The van der Waals surface area contributed by atoms with Crippen molar-refractivity contribution in [2.75, 3.05) is 13.1 Å². The lowest BCUT2D eigenvalue weighted by Gasteiger charge is -2.35. The molecule has 2 atom stereocenters. The van der Waals surface area contributed by atoms with Crippen molar-refractivity contribution < 1.29 is 9.53 Å². The molecule has 3 rings (SSSR count). The van der Waals surface area contributed by atoms with Crippen LogP contribution < -0.4 is 11.2 Å². The Bertz CT molecular complexity index is 822. The molecule has 0 N–H and O–H groups in total. The van der Waals surface area contributed by atoms with E-state index in [2.05, 4.69) is 0 Å². The van der Waals surface area contributed by atoms with E-state index in [0.29, 0.717) is 31.7 Å². The van der Waals surface area contributed by atoms with Gasteiger partial charge in [0.15, 0.2) is 0 Å². The topological polar surface area (TPSA) is 97.3 Å². The summed E-state index contributed by atoms with van der Waals surface area (Å²) in [6.45, 7) is 4.74. The first-order valence-corrected chi connectivity index (χ1v) is 8.12. The van der Waals surface area contributed by atoms with Crippen LogP contribution >= 0.6 is 0 Å². The van der Waals surface area contributed by atoms with Crippen LogP contribution in [0.5, 0.6) is 0 Å². The van der Waals surface area contributed by atoms with Gasteiger partial charge in [-0.05, 0) is 26.7 Å². The number of ether oxygens (including phenoxy) is 1. The maximum atomic E-state index is 12.5. The maximum absolute atomic E-state index is 12.5. The molecule has 0 radical (unpaired) electrons. The third-order valence-corrected chi connectivity index (χ3v) is 4.51. The minimum atomic E-state index is -0.668. The van der Waals surface area contributed by atoms with E-state index in [1.807, 2.05) is 19.9 Å². The standard InChI is InChI=1S/C16H20N4O4/c1-10-7-18(8-11(2)24-10)14(21)9-20-15(22)12(6-17)13-4-3-5-19(13)16(20)23/h10-11H,3-5,7-9H2,1-2H3/t10-,11+. The second kappa shape index (κ2) is 6.24. The number of carbonyl (C=O) groups excluding carboxylic acids is 1. The van der Waals surface area contributed by atoms with Crippen LogP contribution in [-0.2, 0) is 29.0 Å². The second-order valence-electron chi connectivity index (χ2n) is 6.42. The summed E-state index contributed by atoms with van der Waals surface area (Å²) in [5, 5.41) is 9.26. The number of rotatable bonds is 2. The Morgan fingerprint density at radius 1 is 1.29 bits per heavy atom. The summed E-state index contributed by atoms with van der Waals surface area (Å²) in [7, 11) is 0. The van der Waals surface area contributed by atoms with E-state index in [1.54, 1.807) is 4.90 Å². The number of hydrogen-bond acceptors (Lipinski definition) is 5. The van der Waals surface area contributed by atoms with Gasteiger partial charge in [0.05, 0.1) is 12.2 Å². The Kier molecular flexibility index (Phi) is 4.28. The van der Waals surface area contributed by atoms with E-state index in [1.165, 1.54) is 4.57 Å². The van der Waals surface area contributed by atoms with Crippen molar-refractivity contribution in [1.82, 2.24) is 14.0 Å². The summed E-state index contributed by atoms with van der Waals surface area (Å²) in [6.07, 6.45) is 1.08. The molecule has 128 valence electrons. The van der Waals surface area contributed by atoms with Crippen molar-refractivity contribution in [3.8, 4) is 6.07 Å². The largest absolute Gasteiger partial charge is 0.372 e. The summed E-state index contributed by atoms with van der Waals surface area (Å²) < 4.78 is 7.92. The van der Waals surface area contributed by atoms with E-state index in [-0.39, 0.29) is 30.2 Å². The first-order chi connectivity index (χ1) is 11.4. The lowest BCUT2D eigenvalue weighted by molar-refractivity contribution is -0.143. The number of fused-ring (bicyclic) bond motifs is 1. The van der Waals surface area contributed by atoms with Gasteiger partial charge in [0.25, 0.3) is 5.56 Å². The van der Waals surface area contributed by atoms with Gasteiger partial charge in [-0.1, -0.05) is 0 Å². The summed E-state index contributed by atoms with van der Waals surface area (Å²) in [5.41, 5.74) is -0.707. The molecule has 3 heterocycles. The molecule has 2 aliphatic rings. The summed E-state index contributed by atoms with van der Waals surface area (Å²) in [4.78, 5) is 39.1. The van der Waals surface area contributed by atoms with Gasteiger partial charge in [-0.2, -0.15) is 5.26 Å². The van der Waals surface area contributed by atoms with Crippen LogP contribution in [0, 0.1) is 11.3 Å². The molecule has 8 nitrogen and oxygen atoms in total. The van der Waals surface area contributed by atoms with Crippen LogP contribution in [-0.4, -0.2) is 45.2 Å². The fourth-order valence-electron chi connectivity index (χ4n) is 3.51. The highest BCUT2D eigenvalue weighted by Crippen LogP contribution is 2.14. The lowest BCUT2D eigenvalue weighted by Crippen LogP contribution is -2.51. The van der Waals surface area contributed by atoms with E-state index >= 15 is 0 Å². The molecule has 1 fully saturated rings. The monoisotopic (exact) mass is 332 g/mol. The number of amides is 1. The van der Waals surface area contributed by atoms with Crippen LogP contribution in [0.1, 0.15) is 31.5 Å². The highest BCUT2D eigenvalue weighted by molar-refractivity contribution is 5.76. The average Bonchev–Trinajstić information content (AvgIpc) is 3.00. The molecule has 0 aromatic carbocycles. The third kappa shape index (κ3) is 2.76. The fraction of sp³-hybridized carbons (Fsp3) is 0.625. The number of nitrogens with zero attached hydrogens (tertiary/aromatic N) is 4. The molecule has 0 spiro atoms. The molecule has 1 aromatic rings. The van der Waals surface area contributed by atoms with Gasteiger partial charge >= 0.3 is 5.69 Å². The molecular weight excluding hydrogens is 312 g/mol. The first-order valence-electron chi connectivity index (χ1n) is 8.12. The maximum Gasteiger partial charge on any atom is 0.331 e. The SMILES string of the molecule is C[C@@H]1CN(C(=O)Cn2c(=O)c(C#N)c3n(c2=O)CCC3)C[C@H](C)O1. The minimum absolute atomic E-state index is 0.0244. The zero-order chi connectivity index (χ0) is 17.4. The number of carbonyl (C=O) groups is 1. The molecule has 0 saturated carbocycles. The van der Waals surface area contributed by atoms with Gasteiger partial charge in [0.1, 0.15) is 18.2 Å². The van der Waals surface area contributed by atoms with Gasteiger partial charge in [-0.25, -0.2) is 9.36 Å². The van der Waals surface area contributed by atoms with Crippen molar-refractivity contribution in [2.45, 2.75) is 52.0 Å². The van der Waals surface area contributed by atoms with Crippen LogP contribution in [0.3, 0.4) is 0 Å². The Morgan fingerprint density at radius 3 is 2.58 bits per heavy atom. The zero-order valence-corrected chi connectivity index (χ0v) is 13.8. The second-order valence-corrected chi connectivity index (χ2v) is 6.42. The van der Waals surface area contributed by atoms with E-state index in [0.717, 1.165) is 11.0 Å². The molecule has 0 aliphatic carbocycles. The molecule has 8 heteroatoms. The van der Waals surface area contributed by atoms with Gasteiger partial charge < -0.3 is 9.64 Å². The van der Waals surface area contributed by atoms with Crippen molar-refractivity contribution in [3.05, 3.63) is 32.1 Å². The fourth-order valence-corrected chi connectivity index (χ4v) is 3.51. The van der Waals surface area contributed by atoms with Crippen LogP contribution in [0.15, 0.2) is 9.59 Å². The Labute approximate surface area is 138 Å². The third-order valence-electron chi connectivity index (χ3n) is 4.51. The minimum Gasteiger partial charge on any atom is -0.372 e. The Hall–Kier alpha value is -2.40. The highest BCUT2D eigenvalue weighted by atomic mass is 16.5. The van der Waals surface area contributed by atoms with E-state index in [9.17, 15) is 19.6 Å². The molecule has 1 amide bonds. The van der Waals surface area contributed by atoms with Gasteiger partial charge in [0, 0.05) is 25.3 Å². The molecule has 0 bridgehead atoms. The molecule has 0 unspecified atom stereocenters. The quantitative estimate of drug-likeness (QED) is 0.725. The molecule has 1 aromatic heterocycles. The predicted octanol–water partition coefficient (Wildman–Crippen LogP) is -0.536. The van der Waals surface area contributed by atoms with Crippen LogP contribution in [0.2, 0.25) is 0 Å². The molecular formula is C16H20N4O4. The van der Waals surface area contributed by atoms with Crippen LogP contribution in [0.25, 0.3) is 0 Å². The average molecular weight is 332 g/mol. The normalized spacial score (nSPS) is 23.0. The van der Waals surface area contributed by atoms with Gasteiger partial charge in [0.2, 0.25) is 5.91 Å². The zero-order valence-electron chi connectivity index (χ0n) is 13.8. The van der Waals surface area contributed by atoms with Crippen LogP contribution in [0.4, 0.5) is 0 Å².